The molecule has 2 aromatic rings. The van der Waals surface area contributed by atoms with Gasteiger partial charge in [-0.1, -0.05) is 50.3 Å². The number of aliphatic imine (C=N–C) groups is 1. The molecule has 0 bridgehead atoms. The summed E-state index contributed by atoms with van der Waals surface area (Å²) in [6.07, 6.45) is 9.13. The molecule has 1 unspecified atom stereocenters. The Labute approximate surface area is 240 Å². The van der Waals surface area contributed by atoms with Crippen molar-refractivity contribution in [3.05, 3.63) is 36.0 Å². The van der Waals surface area contributed by atoms with Crippen LogP contribution in [0.3, 0.4) is 0 Å². The van der Waals surface area contributed by atoms with E-state index in [1.54, 1.807) is 19.2 Å². The predicted octanol–water partition coefficient (Wildman–Crippen LogP) is 1.11. The normalized spacial score (nSPS) is 15.9. The Balaban J connectivity index is 1.82. The first kappa shape index (κ1) is 31.6. The number of amides is 2. The number of rotatable bonds is 15. The van der Waals surface area contributed by atoms with Gasteiger partial charge in [0.1, 0.15) is 12.1 Å². The van der Waals surface area contributed by atoms with Crippen molar-refractivity contribution in [2.75, 3.05) is 13.2 Å². The lowest BCUT2D eigenvalue weighted by Gasteiger charge is -2.26. The Morgan fingerprint density at radius 2 is 1.80 bits per heavy atom. The number of esters is 1. The van der Waals surface area contributed by atoms with Crippen LogP contribution in [0.2, 0.25) is 0 Å². The van der Waals surface area contributed by atoms with Gasteiger partial charge in [0.05, 0.1) is 18.2 Å². The van der Waals surface area contributed by atoms with E-state index in [1.807, 2.05) is 18.2 Å². The van der Waals surface area contributed by atoms with Crippen LogP contribution in [0.25, 0.3) is 10.9 Å². The standard InChI is InChI=1S/C29H43N7O5/c1-2-41-28(40)23(12-8-14-33-29(31)32)34-27(39)24(35-26(38)22(30)15-19-9-4-3-5-10-19)16-20-17-36(18-37)25-13-7-6-11-21(20)25/h6-7,11,13,17-19,22-24H,2-5,8-10,12,14-16,30H2,1H3,(H,34,39)(H,35,38)(H4,31,32,33)/t22-,23-,24?/m1/s1. The number of nitrogens with two attached hydrogens (primary N) is 3. The smallest absolute Gasteiger partial charge is 0.328 e. The van der Waals surface area contributed by atoms with E-state index < -0.39 is 35.9 Å². The highest BCUT2D eigenvalue weighted by atomic mass is 16.5. The molecule has 1 fully saturated rings. The highest BCUT2D eigenvalue weighted by Gasteiger charge is 2.30. The van der Waals surface area contributed by atoms with Crippen LogP contribution in [0.4, 0.5) is 0 Å². The van der Waals surface area contributed by atoms with Crippen molar-refractivity contribution in [1.82, 2.24) is 15.2 Å². The van der Waals surface area contributed by atoms with E-state index in [0.29, 0.717) is 36.2 Å². The summed E-state index contributed by atoms with van der Waals surface area (Å²) in [6, 6.07) is 4.50. The third-order valence-corrected chi connectivity index (χ3v) is 7.48. The second-order valence-corrected chi connectivity index (χ2v) is 10.6. The number of guanidine groups is 1. The van der Waals surface area contributed by atoms with E-state index in [2.05, 4.69) is 15.6 Å². The predicted molar refractivity (Wildman–Crippen MR) is 157 cm³/mol. The molecule has 1 saturated carbocycles. The minimum absolute atomic E-state index is 0.0662. The van der Waals surface area contributed by atoms with Crippen LogP contribution < -0.4 is 27.8 Å². The molecular formula is C29H43N7O5. The minimum Gasteiger partial charge on any atom is -0.464 e. The Hall–Kier alpha value is -3.93. The number of carbonyl (C=O) groups is 4. The molecule has 0 spiro atoms. The van der Waals surface area contributed by atoms with Crippen LogP contribution in [0.5, 0.6) is 0 Å². The average Bonchev–Trinajstić information content (AvgIpc) is 3.32. The molecule has 0 radical (unpaired) electrons. The largest absolute Gasteiger partial charge is 0.464 e. The van der Waals surface area contributed by atoms with E-state index in [-0.39, 0.29) is 32.0 Å². The van der Waals surface area contributed by atoms with Crippen molar-refractivity contribution in [3.63, 3.8) is 0 Å². The first-order valence-electron chi connectivity index (χ1n) is 14.4. The molecule has 224 valence electrons. The molecule has 0 aliphatic heterocycles. The zero-order valence-corrected chi connectivity index (χ0v) is 23.7. The fourth-order valence-corrected chi connectivity index (χ4v) is 5.39. The van der Waals surface area contributed by atoms with Gasteiger partial charge < -0.3 is 32.6 Å². The number of carbonyl (C=O) groups excluding carboxylic acids is 4. The molecule has 0 saturated heterocycles. The number of fused-ring (bicyclic) bond motifs is 1. The molecule has 1 aromatic carbocycles. The molecule has 1 aromatic heterocycles. The Bertz CT molecular complexity index is 1220. The molecule has 1 heterocycles. The van der Waals surface area contributed by atoms with Crippen molar-refractivity contribution < 1.29 is 23.9 Å². The minimum atomic E-state index is -1.06. The molecule has 8 N–H and O–H groups in total. The summed E-state index contributed by atoms with van der Waals surface area (Å²) in [4.78, 5) is 55.2. The number of benzene rings is 1. The zero-order chi connectivity index (χ0) is 29.8. The number of para-hydroxylation sites is 1. The number of nitrogens with zero attached hydrogens (tertiary/aromatic N) is 2. The van der Waals surface area contributed by atoms with Gasteiger partial charge in [0.2, 0.25) is 18.2 Å². The summed E-state index contributed by atoms with van der Waals surface area (Å²) in [5, 5.41) is 6.35. The Kier molecular flexibility index (Phi) is 12.1. The number of aromatic nitrogens is 1. The van der Waals surface area contributed by atoms with Crippen LogP contribution in [-0.2, 0) is 30.3 Å². The van der Waals surface area contributed by atoms with Gasteiger partial charge in [-0.3, -0.25) is 23.9 Å². The van der Waals surface area contributed by atoms with Gasteiger partial charge in [-0.2, -0.15) is 0 Å². The van der Waals surface area contributed by atoms with Crippen LogP contribution >= 0.6 is 0 Å². The van der Waals surface area contributed by atoms with Crippen LogP contribution in [0.15, 0.2) is 35.5 Å². The zero-order valence-electron chi connectivity index (χ0n) is 23.7. The average molecular weight is 570 g/mol. The van der Waals surface area contributed by atoms with Crippen LogP contribution in [0, 0.1) is 5.92 Å². The van der Waals surface area contributed by atoms with Crippen molar-refractivity contribution in [1.29, 1.82) is 0 Å². The fraction of sp³-hybridized carbons (Fsp3) is 0.552. The summed E-state index contributed by atoms with van der Waals surface area (Å²) in [5.74, 6) is -1.28. The second kappa shape index (κ2) is 15.8. The highest BCUT2D eigenvalue weighted by Crippen LogP contribution is 2.27. The molecule has 12 nitrogen and oxygen atoms in total. The van der Waals surface area contributed by atoms with E-state index in [0.717, 1.165) is 31.1 Å². The van der Waals surface area contributed by atoms with Gasteiger partial charge in [-0.25, -0.2) is 4.79 Å². The summed E-state index contributed by atoms with van der Waals surface area (Å²) >= 11 is 0. The first-order valence-corrected chi connectivity index (χ1v) is 14.4. The summed E-state index contributed by atoms with van der Waals surface area (Å²) in [6.45, 7) is 2.09. The molecule has 1 aliphatic rings. The van der Waals surface area contributed by atoms with Crippen molar-refractivity contribution in [3.8, 4) is 0 Å². The molecule has 3 rings (SSSR count). The van der Waals surface area contributed by atoms with Gasteiger partial charge in [-0.15, -0.1) is 0 Å². The van der Waals surface area contributed by atoms with Crippen molar-refractivity contribution in [2.24, 2.45) is 28.1 Å². The molecular weight excluding hydrogens is 526 g/mol. The van der Waals surface area contributed by atoms with Gasteiger partial charge in [-0.05, 0) is 43.7 Å². The molecule has 1 aliphatic carbocycles. The number of hydrogen-bond acceptors (Lipinski definition) is 7. The third kappa shape index (κ3) is 9.31. The summed E-state index contributed by atoms with van der Waals surface area (Å²) < 4.78 is 6.60. The van der Waals surface area contributed by atoms with Crippen molar-refractivity contribution >= 4 is 41.1 Å². The molecule has 12 heteroatoms. The SMILES string of the molecule is CCOC(=O)[C@@H](CCCN=C(N)N)NC(=O)C(Cc1cn(C=O)c2ccccc12)NC(=O)[C@H](N)CC1CCCCC1. The maximum Gasteiger partial charge on any atom is 0.328 e. The van der Waals surface area contributed by atoms with Gasteiger partial charge in [0, 0.05) is 24.5 Å². The van der Waals surface area contributed by atoms with E-state index in [9.17, 15) is 19.2 Å². The first-order chi connectivity index (χ1) is 19.7. The van der Waals surface area contributed by atoms with Gasteiger partial charge in [0.15, 0.2) is 5.96 Å². The maximum atomic E-state index is 13.6. The second-order valence-electron chi connectivity index (χ2n) is 10.6. The van der Waals surface area contributed by atoms with Gasteiger partial charge in [0.25, 0.3) is 0 Å². The fourth-order valence-electron chi connectivity index (χ4n) is 5.39. The van der Waals surface area contributed by atoms with E-state index >= 15 is 0 Å². The van der Waals surface area contributed by atoms with Gasteiger partial charge >= 0.3 is 5.97 Å². The van der Waals surface area contributed by atoms with Crippen LogP contribution in [0.1, 0.15) is 63.9 Å². The van der Waals surface area contributed by atoms with E-state index in [1.165, 1.54) is 11.0 Å². The number of hydrogen-bond donors (Lipinski definition) is 5. The van der Waals surface area contributed by atoms with Crippen molar-refractivity contribution in [2.45, 2.75) is 82.8 Å². The Morgan fingerprint density at radius 3 is 2.49 bits per heavy atom. The number of ether oxygens (including phenoxy) is 1. The molecule has 41 heavy (non-hydrogen) atoms. The van der Waals surface area contributed by atoms with Crippen LogP contribution in [-0.4, -0.2) is 66.0 Å². The lowest BCUT2D eigenvalue weighted by molar-refractivity contribution is -0.147. The third-order valence-electron chi connectivity index (χ3n) is 7.48. The summed E-state index contributed by atoms with van der Waals surface area (Å²) in [5.41, 5.74) is 18.4. The quantitative estimate of drug-likeness (QED) is 0.0691. The summed E-state index contributed by atoms with van der Waals surface area (Å²) in [7, 11) is 0. The lowest BCUT2D eigenvalue weighted by Crippen LogP contribution is -2.55. The molecule has 3 atom stereocenters. The maximum absolute atomic E-state index is 13.6. The topological polar surface area (TPSA) is 197 Å². The molecule has 2 amide bonds. The lowest BCUT2D eigenvalue weighted by atomic mass is 9.85. The monoisotopic (exact) mass is 569 g/mol. The number of nitrogens with one attached hydrogen (secondary N) is 2. The van der Waals surface area contributed by atoms with E-state index in [4.69, 9.17) is 21.9 Å². The highest BCUT2D eigenvalue weighted by molar-refractivity contribution is 5.94. The Morgan fingerprint density at radius 1 is 1.10 bits per heavy atom.